The van der Waals surface area contributed by atoms with E-state index < -0.39 is 18.8 Å². The molecule has 0 amide bonds. The maximum atomic E-state index is 11.7. The first-order valence-corrected chi connectivity index (χ1v) is 5.85. The molecule has 4 nitrogen and oxygen atoms in total. The number of rotatable bonds is 7. The first-order valence-electron chi connectivity index (χ1n) is 4.97. The lowest BCUT2D eigenvalue weighted by Crippen LogP contribution is -2.18. The van der Waals surface area contributed by atoms with Crippen LogP contribution in [0, 0.1) is 0 Å². The van der Waals surface area contributed by atoms with Crippen molar-refractivity contribution in [3.8, 4) is 5.75 Å². The third kappa shape index (κ3) is 5.87. The van der Waals surface area contributed by atoms with E-state index in [9.17, 15) is 18.0 Å². The molecule has 0 aliphatic heterocycles. The lowest BCUT2D eigenvalue weighted by atomic mass is 10.4. The number of carbonyl (C=O) groups is 1. The van der Waals surface area contributed by atoms with Crippen molar-refractivity contribution in [3.63, 3.8) is 0 Å². The van der Waals surface area contributed by atoms with Gasteiger partial charge in [0.1, 0.15) is 17.2 Å². The van der Waals surface area contributed by atoms with E-state index in [1.807, 2.05) is 0 Å². The maximum absolute atomic E-state index is 11.7. The number of hydrogen-bond donors (Lipinski definition) is 1. The highest BCUT2D eigenvalue weighted by Gasteiger charge is 2.27. The van der Waals surface area contributed by atoms with Gasteiger partial charge in [-0.2, -0.15) is 13.2 Å². The van der Waals surface area contributed by atoms with Crippen LogP contribution in [0.1, 0.15) is 16.1 Å². The van der Waals surface area contributed by atoms with Crippen LogP contribution in [0.3, 0.4) is 0 Å². The minimum atomic E-state index is -4.31. The summed E-state index contributed by atoms with van der Waals surface area (Å²) in [6, 6.07) is 1.36. The van der Waals surface area contributed by atoms with E-state index in [0.29, 0.717) is 12.2 Å². The van der Waals surface area contributed by atoms with Gasteiger partial charge in [-0.25, -0.2) is 4.79 Å². The molecule has 1 N–H and O–H groups in total. The van der Waals surface area contributed by atoms with Gasteiger partial charge in [-0.1, -0.05) is 0 Å². The smallest absolute Gasteiger partial charge is 0.411 e. The molecule has 0 aliphatic carbocycles. The molecule has 0 unspecified atom stereocenters. The minimum Gasteiger partial charge on any atom is -0.493 e. The molecular formula is C10H11F3O4S. The molecule has 0 aliphatic rings. The lowest BCUT2D eigenvalue weighted by molar-refractivity contribution is -0.174. The average Bonchev–Trinajstić information content (AvgIpc) is 2.70. The zero-order valence-electron chi connectivity index (χ0n) is 9.20. The van der Waals surface area contributed by atoms with Crippen LogP contribution in [0.5, 0.6) is 5.75 Å². The Morgan fingerprint density at radius 2 is 2.11 bits per heavy atom. The van der Waals surface area contributed by atoms with E-state index >= 15 is 0 Å². The van der Waals surface area contributed by atoms with Gasteiger partial charge >= 0.3 is 12.1 Å². The van der Waals surface area contributed by atoms with Crippen LogP contribution in [0.2, 0.25) is 0 Å². The second-order valence-electron chi connectivity index (χ2n) is 3.32. The topological polar surface area (TPSA) is 55.8 Å². The first kappa shape index (κ1) is 14.8. The molecule has 0 saturated heterocycles. The highest BCUT2D eigenvalue weighted by molar-refractivity contribution is 7.12. The number of hydrogen-bond acceptors (Lipinski definition) is 4. The maximum Gasteiger partial charge on any atom is 0.411 e. The zero-order valence-corrected chi connectivity index (χ0v) is 10.0. The molecule has 1 aromatic heterocycles. The van der Waals surface area contributed by atoms with Crippen molar-refractivity contribution in [2.24, 2.45) is 0 Å². The Hall–Kier alpha value is -1.28. The molecule has 1 rings (SSSR count). The van der Waals surface area contributed by atoms with Crippen molar-refractivity contribution in [2.45, 2.75) is 12.6 Å². The van der Waals surface area contributed by atoms with Crippen molar-refractivity contribution in [3.05, 3.63) is 16.3 Å². The molecule has 8 heteroatoms. The Bertz CT molecular complexity index is 389. The van der Waals surface area contributed by atoms with Gasteiger partial charge in [0, 0.05) is 17.9 Å². The normalized spacial score (nSPS) is 11.5. The van der Waals surface area contributed by atoms with Gasteiger partial charge in [0.2, 0.25) is 0 Å². The molecule has 0 aromatic carbocycles. The van der Waals surface area contributed by atoms with Crippen LogP contribution in [0.15, 0.2) is 11.4 Å². The number of carboxylic acid groups (broad SMARTS) is 1. The number of ether oxygens (including phenoxy) is 2. The predicted molar refractivity (Wildman–Crippen MR) is 58.3 cm³/mol. The standard InChI is InChI=1S/C10H11F3O4S/c11-10(12,13)6-16-2-1-3-17-7-4-8(9(14)15)18-5-7/h4-5H,1-3,6H2,(H,14,15). The summed E-state index contributed by atoms with van der Waals surface area (Å²) in [7, 11) is 0. The fourth-order valence-electron chi connectivity index (χ4n) is 1.05. The van der Waals surface area contributed by atoms with E-state index in [2.05, 4.69) is 4.74 Å². The highest BCUT2D eigenvalue weighted by atomic mass is 32.1. The van der Waals surface area contributed by atoms with E-state index in [1.54, 1.807) is 0 Å². The molecular weight excluding hydrogens is 273 g/mol. The summed E-state index contributed by atoms with van der Waals surface area (Å²) in [5.74, 6) is -0.642. The largest absolute Gasteiger partial charge is 0.493 e. The lowest BCUT2D eigenvalue weighted by Gasteiger charge is -2.07. The molecule has 0 spiro atoms. The average molecular weight is 284 g/mol. The minimum absolute atomic E-state index is 0.0601. The summed E-state index contributed by atoms with van der Waals surface area (Å²) in [6.07, 6.45) is -4.01. The summed E-state index contributed by atoms with van der Waals surface area (Å²) in [5.41, 5.74) is 0. The first-order chi connectivity index (χ1) is 8.38. The third-order valence-electron chi connectivity index (χ3n) is 1.75. The second kappa shape index (κ2) is 6.60. The van der Waals surface area contributed by atoms with Gasteiger partial charge in [0.15, 0.2) is 0 Å². The molecule has 1 heterocycles. The molecule has 0 fully saturated rings. The van der Waals surface area contributed by atoms with Gasteiger partial charge in [-0.05, 0) is 0 Å². The second-order valence-corrected chi connectivity index (χ2v) is 4.23. The monoisotopic (exact) mass is 284 g/mol. The number of carboxylic acids is 1. The Morgan fingerprint density at radius 3 is 2.67 bits per heavy atom. The third-order valence-corrected chi connectivity index (χ3v) is 2.65. The van der Waals surface area contributed by atoms with Gasteiger partial charge < -0.3 is 14.6 Å². The predicted octanol–water partition coefficient (Wildman–Crippen LogP) is 2.79. The van der Waals surface area contributed by atoms with Gasteiger partial charge in [0.25, 0.3) is 0 Å². The van der Waals surface area contributed by atoms with Crippen LogP contribution in [0.25, 0.3) is 0 Å². The summed E-state index contributed by atoms with van der Waals surface area (Å²) in [4.78, 5) is 10.7. The van der Waals surface area contributed by atoms with Crippen LogP contribution < -0.4 is 4.74 Å². The van der Waals surface area contributed by atoms with E-state index in [1.165, 1.54) is 11.4 Å². The molecule has 1 aromatic rings. The zero-order chi connectivity index (χ0) is 13.6. The van der Waals surface area contributed by atoms with Crippen molar-refractivity contribution in [1.29, 1.82) is 0 Å². The molecule has 102 valence electrons. The Balaban J connectivity index is 2.12. The van der Waals surface area contributed by atoms with Crippen LogP contribution in [0.4, 0.5) is 13.2 Å². The van der Waals surface area contributed by atoms with E-state index in [0.717, 1.165) is 11.3 Å². The van der Waals surface area contributed by atoms with Crippen LogP contribution in [-0.4, -0.2) is 37.1 Å². The summed E-state index contributed by atoms with van der Waals surface area (Å²) < 4.78 is 44.6. The molecule has 0 radical (unpaired) electrons. The molecule has 0 saturated carbocycles. The van der Waals surface area contributed by atoms with Gasteiger partial charge in [-0.3, -0.25) is 0 Å². The van der Waals surface area contributed by atoms with E-state index in [4.69, 9.17) is 9.84 Å². The molecule has 18 heavy (non-hydrogen) atoms. The van der Waals surface area contributed by atoms with Crippen LogP contribution in [-0.2, 0) is 4.74 Å². The van der Waals surface area contributed by atoms with Crippen LogP contribution >= 0.6 is 11.3 Å². The van der Waals surface area contributed by atoms with Crippen molar-refractivity contribution >= 4 is 17.3 Å². The van der Waals surface area contributed by atoms with Gasteiger partial charge in [-0.15, -0.1) is 11.3 Å². The fourth-order valence-corrected chi connectivity index (χ4v) is 1.71. The summed E-state index contributed by atoms with van der Waals surface area (Å²) in [6.45, 7) is -1.16. The number of aromatic carboxylic acids is 1. The number of thiophene rings is 1. The summed E-state index contributed by atoms with van der Waals surface area (Å²) >= 11 is 1.02. The Labute approximate surface area is 105 Å². The SMILES string of the molecule is O=C(O)c1cc(OCCCOCC(F)(F)F)cs1. The fraction of sp³-hybridized carbons (Fsp3) is 0.500. The van der Waals surface area contributed by atoms with Gasteiger partial charge in [0.05, 0.1) is 13.2 Å². The Kier molecular flexibility index (Phi) is 5.42. The number of alkyl halides is 3. The number of halogens is 3. The summed E-state index contributed by atoms with van der Waals surface area (Å²) in [5, 5.41) is 10.2. The quantitative estimate of drug-likeness (QED) is 0.782. The molecule has 0 bridgehead atoms. The Morgan fingerprint density at radius 1 is 1.39 bits per heavy atom. The highest BCUT2D eigenvalue weighted by Crippen LogP contribution is 2.21. The van der Waals surface area contributed by atoms with E-state index in [-0.39, 0.29) is 18.1 Å². The van der Waals surface area contributed by atoms with Crippen molar-refractivity contribution in [2.75, 3.05) is 19.8 Å². The van der Waals surface area contributed by atoms with Crippen molar-refractivity contribution < 1.29 is 32.5 Å². The van der Waals surface area contributed by atoms with Crippen molar-refractivity contribution in [1.82, 2.24) is 0 Å². The molecule has 0 atom stereocenters.